The van der Waals surface area contributed by atoms with Crippen molar-refractivity contribution in [3.8, 4) is 0 Å². The van der Waals surface area contributed by atoms with Gasteiger partial charge >= 0.3 is 0 Å². The molecule has 1 aromatic rings. The van der Waals surface area contributed by atoms with Crippen LogP contribution in [0.2, 0.25) is 0 Å². The Kier molecular flexibility index (Phi) is 2.40. The molecule has 78 valence electrons. The predicted molar refractivity (Wildman–Crippen MR) is 58.3 cm³/mol. The highest BCUT2D eigenvalue weighted by Gasteiger charge is 2.50. The molecule has 0 aliphatic heterocycles. The lowest BCUT2D eigenvalue weighted by atomic mass is 9.90. The van der Waals surface area contributed by atoms with Crippen LogP contribution in [0.3, 0.4) is 0 Å². The average Bonchev–Trinajstić information content (AvgIpc) is 2.74. The number of aromatic nitrogens is 1. The summed E-state index contributed by atoms with van der Waals surface area (Å²) in [5, 5.41) is 10.6. The van der Waals surface area contributed by atoms with E-state index < -0.39 is 5.60 Å². The number of rotatable bonds is 3. The van der Waals surface area contributed by atoms with Gasteiger partial charge in [0.2, 0.25) is 0 Å². The molecule has 1 aromatic heterocycles. The van der Waals surface area contributed by atoms with Gasteiger partial charge in [-0.15, -0.1) is 11.3 Å². The number of aliphatic hydroxyl groups is 1. The number of hydrogen-bond acceptors (Lipinski definition) is 3. The predicted octanol–water partition coefficient (Wildman–Crippen LogP) is 2.71. The van der Waals surface area contributed by atoms with Crippen molar-refractivity contribution in [1.82, 2.24) is 4.98 Å². The van der Waals surface area contributed by atoms with Crippen LogP contribution >= 0.6 is 11.3 Å². The molecule has 1 heterocycles. The van der Waals surface area contributed by atoms with Gasteiger partial charge in [0.15, 0.2) is 0 Å². The van der Waals surface area contributed by atoms with Crippen molar-refractivity contribution < 1.29 is 5.11 Å². The Morgan fingerprint density at radius 2 is 2.36 bits per heavy atom. The smallest absolute Gasteiger partial charge is 0.103 e. The lowest BCUT2D eigenvalue weighted by molar-refractivity contribution is 0.00723. The van der Waals surface area contributed by atoms with Crippen LogP contribution in [0.1, 0.15) is 37.3 Å². The molecule has 3 heteroatoms. The maximum absolute atomic E-state index is 10.6. The minimum atomic E-state index is -0.606. The van der Waals surface area contributed by atoms with Gasteiger partial charge in [0.1, 0.15) is 5.60 Å². The second-order valence-corrected chi connectivity index (χ2v) is 5.22. The van der Waals surface area contributed by atoms with E-state index in [0.717, 1.165) is 23.4 Å². The fraction of sp³-hybridized carbons (Fsp3) is 0.727. The van der Waals surface area contributed by atoms with Gasteiger partial charge in [-0.05, 0) is 31.6 Å². The summed E-state index contributed by atoms with van der Waals surface area (Å²) in [6.07, 6.45) is 1.95. The molecule has 14 heavy (non-hydrogen) atoms. The Labute approximate surface area is 89.0 Å². The third-order valence-electron chi connectivity index (χ3n) is 3.40. The summed E-state index contributed by atoms with van der Waals surface area (Å²) in [6.45, 7) is 6.26. The number of hydrogen-bond donors (Lipinski definition) is 1. The SMILES string of the molecule is CCC(O)(c1scnc1C)C1CC1C. The van der Waals surface area contributed by atoms with E-state index in [2.05, 4.69) is 18.8 Å². The van der Waals surface area contributed by atoms with Crippen molar-refractivity contribution in [2.75, 3.05) is 0 Å². The van der Waals surface area contributed by atoms with Crippen LogP contribution in [0.25, 0.3) is 0 Å². The molecular weight excluding hydrogens is 194 g/mol. The molecule has 0 spiro atoms. The Bertz CT molecular complexity index is 336. The summed E-state index contributed by atoms with van der Waals surface area (Å²) in [4.78, 5) is 5.30. The van der Waals surface area contributed by atoms with Crippen LogP contribution < -0.4 is 0 Å². The molecule has 1 saturated carbocycles. The molecule has 1 aliphatic rings. The van der Waals surface area contributed by atoms with Gasteiger partial charge in [-0.3, -0.25) is 0 Å². The molecule has 2 rings (SSSR count). The van der Waals surface area contributed by atoms with Crippen molar-refractivity contribution in [1.29, 1.82) is 0 Å². The molecule has 0 amide bonds. The van der Waals surface area contributed by atoms with Gasteiger partial charge in [0.05, 0.1) is 16.1 Å². The van der Waals surface area contributed by atoms with Crippen LogP contribution in [0.5, 0.6) is 0 Å². The standard InChI is InChI=1S/C11H17NOS/c1-4-11(13,9-5-7(9)2)10-8(3)12-6-14-10/h6-7,9,13H,4-5H2,1-3H3. The first kappa shape index (κ1) is 10.1. The highest BCUT2D eigenvalue weighted by molar-refractivity contribution is 7.09. The van der Waals surface area contributed by atoms with E-state index >= 15 is 0 Å². The van der Waals surface area contributed by atoms with Crippen molar-refractivity contribution in [3.63, 3.8) is 0 Å². The lowest BCUT2D eigenvalue weighted by Gasteiger charge is -2.26. The van der Waals surface area contributed by atoms with Crippen molar-refractivity contribution in [3.05, 3.63) is 16.1 Å². The second kappa shape index (κ2) is 3.31. The monoisotopic (exact) mass is 211 g/mol. The molecule has 1 fully saturated rings. The largest absolute Gasteiger partial charge is 0.384 e. The first-order valence-corrected chi connectivity index (χ1v) is 6.10. The molecule has 2 nitrogen and oxygen atoms in total. The zero-order valence-electron chi connectivity index (χ0n) is 8.95. The number of nitrogens with zero attached hydrogens (tertiary/aromatic N) is 1. The van der Waals surface area contributed by atoms with Crippen LogP contribution in [0.15, 0.2) is 5.51 Å². The van der Waals surface area contributed by atoms with Crippen molar-refractivity contribution >= 4 is 11.3 Å². The normalized spacial score (nSPS) is 30.0. The lowest BCUT2D eigenvalue weighted by Crippen LogP contribution is -2.27. The third-order valence-corrected chi connectivity index (χ3v) is 4.50. The molecule has 3 atom stereocenters. The maximum atomic E-state index is 10.6. The Hall–Kier alpha value is -0.410. The summed E-state index contributed by atoms with van der Waals surface area (Å²) >= 11 is 1.59. The van der Waals surface area contributed by atoms with Crippen LogP contribution in [0, 0.1) is 18.8 Å². The second-order valence-electron chi connectivity index (χ2n) is 4.36. The van der Waals surface area contributed by atoms with E-state index in [4.69, 9.17) is 0 Å². The van der Waals surface area contributed by atoms with Gasteiger partial charge < -0.3 is 5.11 Å². The fourth-order valence-corrected chi connectivity index (χ4v) is 3.34. The summed E-state index contributed by atoms with van der Waals surface area (Å²) < 4.78 is 0. The highest BCUT2D eigenvalue weighted by Crippen LogP contribution is 2.53. The topological polar surface area (TPSA) is 33.1 Å². The summed E-state index contributed by atoms with van der Waals surface area (Å²) in [5.41, 5.74) is 2.22. The molecule has 1 N–H and O–H groups in total. The fourth-order valence-electron chi connectivity index (χ4n) is 2.30. The number of thiazole rings is 1. The van der Waals surface area contributed by atoms with Crippen molar-refractivity contribution in [2.45, 2.75) is 39.2 Å². The molecule has 0 radical (unpaired) electrons. The first-order chi connectivity index (χ1) is 6.59. The molecule has 0 aromatic carbocycles. The zero-order valence-corrected chi connectivity index (χ0v) is 9.77. The maximum Gasteiger partial charge on any atom is 0.103 e. The van der Waals surface area contributed by atoms with Gasteiger partial charge in [-0.1, -0.05) is 13.8 Å². The van der Waals surface area contributed by atoms with Crippen LogP contribution in [0.4, 0.5) is 0 Å². The van der Waals surface area contributed by atoms with Gasteiger partial charge in [-0.2, -0.15) is 0 Å². The molecule has 0 bridgehead atoms. The minimum Gasteiger partial charge on any atom is -0.384 e. The third kappa shape index (κ3) is 1.39. The van der Waals surface area contributed by atoms with Gasteiger partial charge in [0, 0.05) is 0 Å². The highest BCUT2D eigenvalue weighted by atomic mass is 32.1. The van der Waals surface area contributed by atoms with E-state index in [1.54, 1.807) is 11.3 Å². The summed E-state index contributed by atoms with van der Waals surface area (Å²) in [5.74, 6) is 1.12. The molecule has 1 aliphatic carbocycles. The van der Waals surface area contributed by atoms with Crippen molar-refractivity contribution in [2.24, 2.45) is 11.8 Å². The molecular formula is C11H17NOS. The Morgan fingerprint density at radius 1 is 1.71 bits per heavy atom. The van der Waals surface area contributed by atoms with E-state index in [1.807, 2.05) is 12.4 Å². The van der Waals surface area contributed by atoms with E-state index in [9.17, 15) is 5.11 Å². The van der Waals surface area contributed by atoms with E-state index in [0.29, 0.717) is 11.8 Å². The summed E-state index contributed by atoms with van der Waals surface area (Å²) in [6, 6.07) is 0. The van der Waals surface area contributed by atoms with E-state index in [1.165, 1.54) is 0 Å². The zero-order chi connectivity index (χ0) is 10.3. The summed E-state index contributed by atoms with van der Waals surface area (Å²) in [7, 11) is 0. The molecule has 3 unspecified atom stereocenters. The quantitative estimate of drug-likeness (QED) is 0.834. The van der Waals surface area contributed by atoms with E-state index in [-0.39, 0.29) is 0 Å². The Morgan fingerprint density at radius 3 is 2.71 bits per heavy atom. The van der Waals surface area contributed by atoms with Gasteiger partial charge in [-0.25, -0.2) is 4.98 Å². The average molecular weight is 211 g/mol. The van der Waals surface area contributed by atoms with Crippen LogP contribution in [-0.2, 0) is 5.60 Å². The number of aryl methyl sites for hydroxylation is 1. The first-order valence-electron chi connectivity index (χ1n) is 5.22. The molecule has 0 saturated heterocycles. The van der Waals surface area contributed by atoms with Gasteiger partial charge in [0.25, 0.3) is 0 Å². The Balaban J connectivity index is 2.33. The minimum absolute atomic E-state index is 0.451. The van der Waals surface area contributed by atoms with Crippen LogP contribution in [-0.4, -0.2) is 10.1 Å².